The Balaban J connectivity index is 1.99. The highest BCUT2D eigenvalue weighted by Crippen LogP contribution is 2.35. The lowest BCUT2D eigenvalue weighted by atomic mass is 9.83. The number of fused-ring (bicyclic) bond motifs is 3. The maximum absolute atomic E-state index is 4.65. The standard InChI is InChI=1S/C16H21BrN2/c1-3-4-5-11-6-8-14-13(10-11)12-7-9-15(17)18-16(12)19(14)2/h7,9,11H,3-6,8,10H2,1-2H3. The zero-order valence-electron chi connectivity index (χ0n) is 11.7. The molecule has 0 aliphatic heterocycles. The maximum Gasteiger partial charge on any atom is 0.141 e. The fraction of sp³-hybridized carbons (Fsp3) is 0.562. The summed E-state index contributed by atoms with van der Waals surface area (Å²) >= 11 is 3.48. The van der Waals surface area contributed by atoms with Crippen molar-refractivity contribution < 1.29 is 0 Å². The third-order valence-electron chi connectivity index (χ3n) is 4.49. The van der Waals surface area contributed by atoms with Crippen LogP contribution in [0.25, 0.3) is 11.0 Å². The molecule has 0 spiro atoms. The predicted molar refractivity (Wildman–Crippen MR) is 83.5 cm³/mol. The van der Waals surface area contributed by atoms with Crippen LogP contribution in [0.5, 0.6) is 0 Å². The number of unbranched alkanes of at least 4 members (excludes halogenated alkanes) is 1. The quantitative estimate of drug-likeness (QED) is 0.754. The summed E-state index contributed by atoms with van der Waals surface area (Å²) in [4.78, 5) is 4.65. The first kappa shape index (κ1) is 13.2. The average molecular weight is 321 g/mol. The number of aromatic nitrogens is 2. The zero-order valence-corrected chi connectivity index (χ0v) is 13.3. The van der Waals surface area contributed by atoms with Crippen molar-refractivity contribution in [3.05, 3.63) is 28.0 Å². The van der Waals surface area contributed by atoms with Gasteiger partial charge in [0, 0.05) is 18.1 Å². The van der Waals surface area contributed by atoms with Crippen LogP contribution in [0.1, 0.15) is 43.9 Å². The molecule has 2 aromatic rings. The summed E-state index contributed by atoms with van der Waals surface area (Å²) in [5.41, 5.74) is 4.20. The summed E-state index contributed by atoms with van der Waals surface area (Å²) in [5, 5.41) is 1.36. The van der Waals surface area contributed by atoms with Crippen LogP contribution in [0.3, 0.4) is 0 Å². The van der Waals surface area contributed by atoms with Crippen molar-refractivity contribution in [2.75, 3.05) is 0 Å². The molecule has 102 valence electrons. The summed E-state index contributed by atoms with van der Waals surface area (Å²) < 4.78 is 3.23. The summed E-state index contributed by atoms with van der Waals surface area (Å²) in [7, 11) is 2.16. The first-order chi connectivity index (χ1) is 9.20. The Morgan fingerprint density at radius 3 is 3.05 bits per heavy atom. The Bertz CT molecular complexity index is 600. The fourth-order valence-electron chi connectivity index (χ4n) is 3.42. The van der Waals surface area contributed by atoms with Crippen molar-refractivity contribution in [3.63, 3.8) is 0 Å². The number of nitrogens with zero attached hydrogens (tertiary/aromatic N) is 2. The van der Waals surface area contributed by atoms with Crippen LogP contribution in [-0.2, 0) is 19.9 Å². The number of hydrogen-bond donors (Lipinski definition) is 0. The van der Waals surface area contributed by atoms with Crippen LogP contribution in [0.4, 0.5) is 0 Å². The first-order valence-electron chi connectivity index (χ1n) is 7.33. The molecule has 2 nitrogen and oxygen atoms in total. The average Bonchev–Trinajstić information content (AvgIpc) is 2.69. The monoisotopic (exact) mass is 320 g/mol. The highest BCUT2D eigenvalue weighted by molar-refractivity contribution is 9.10. The number of halogens is 1. The highest BCUT2D eigenvalue weighted by atomic mass is 79.9. The fourth-order valence-corrected chi connectivity index (χ4v) is 3.72. The molecule has 0 radical (unpaired) electrons. The smallest absolute Gasteiger partial charge is 0.141 e. The lowest BCUT2D eigenvalue weighted by molar-refractivity contribution is 0.408. The second-order valence-corrected chi connectivity index (χ2v) is 6.55. The van der Waals surface area contributed by atoms with Gasteiger partial charge in [0.15, 0.2) is 0 Å². The van der Waals surface area contributed by atoms with Gasteiger partial charge in [0.25, 0.3) is 0 Å². The molecule has 1 unspecified atom stereocenters. The lowest BCUT2D eigenvalue weighted by Crippen LogP contribution is -2.15. The van der Waals surface area contributed by atoms with Crippen LogP contribution < -0.4 is 0 Å². The Morgan fingerprint density at radius 1 is 1.42 bits per heavy atom. The van der Waals surface area contributed by atoms with Crippen LogP contribution >= 0.6 is 15.9 Å². The van der Waals surface area contributed by atoms with Crippen molar-refractivity contribution >= 4 is 27.0 Å². The molecule has 3 heteroatoms. The van der Waals surface area contributed by atoms with Crippen molar-refractivity contribution in [1.82, 2.24) is 9.55 Å². The SMILES string of the molecule is CCCCC1CCc2c(c3ccc(Br)nc3n2C)C1. The summed E-state index contributed by atoms with van der Waals surface area (Å²) in [6.07, 6.45) is 7.88. The molecular weight excluding hydrogens is 300 g/mol. The molecule has 19 heavy (non-hydrogen) atoms. The molecule has 1 aliphatic carbocycles. The van der Waals surface area contributed by atoms with E-state index in [0.29, 0.717) is 0 Å². The van der Waals surface area contributed by atoms with Gasteiger partial charge in [0.05, 0.1) is 0 Å². The molecular formula is C16H21BrN2. The van der Waals surface area contributed by atoms with Gasteiger partial charge in [-0.15, -0.1) is 0 Å². The van der Waals surface area contributed by atoms with E-state index in [9.17, 15) is 0 Å². The van der Waals surface area contributed by atoms with Gasteiger partial charge in [-0.2, -0.15) is 0 Å². The van der Waals surface area contributed by atoms with Gasteiger partial charge >= 0.3 is 0 Å². The van der Waals surface area contributed by atoms with E-state index in [4.69, 9.17) is 0 Å². The van der Waals surface area contributed by atoms with Gasteiger partial charge in [-0.05, 0) is 58.8 Å². The Morgan fingerprint density at radius 2 is 2.26 bits per heavy atom. The number of hydrogen-bond acceptors (Lipinski definition) is 1. The largest absolute Gasteiger partial charge is 0.332 e. The lowest BCUT2D eigenvalue weighted by Gasteiger charge is -2.23. The van der Waals surface area contributed by atoms with E-state index in [1.54, 1.807) is 5.56 Å². The molecule has 0 saturated carbocycles. The molecule has 1 atom stereocenters. The molecule has 0 saturated heterocycles. The second-order valence-electron chi connectivity index (χ2n) is 5.74. The number of pyridine rings is 1. The molecule has 0 N–H and O–H groups in total. The minimum absolute atomic E-state index is 0.877. The minimum Gasteiger partial charge on any atom is -0.332 e. The minimum atomic E-state index is 0.877. The van der Waals surface area contributed by atoms with Crippen molar-refractivity contribution in [2.24, 2.45) is 13.0 Å². The van der Waals surface area contributed by atoms with E-state index in [-0.39, 0.29) is 0 Å². The van der Waals surface area contributed by atoms with E-state index in [2.05, 4.69) is 51.6 Å². The Labute approximate surface area is 123 Å². The van der Waals surface area contributed by atoms with Crippen molar-refractivity contribution in [2.45, 2.75) is 45.4 Å². The number of rotatable bonds is 3. The van der Waals surface area contributed by atoms with Crippen LogP contribution in [0.2, 0.25) is 0 Å². The molecule has 0 bridgehead atoms. The van der Waals surface area contributed by atoms with Gasteiger partial charge < -0.3 is 4.57 Å². The molecule has 2 aromatic heterocycles. The normalized spacial score (nSPS) is 18.8. The molecule has 0 aromatic carbocycles. The van der Waals surface area contributed by atoms with Crippen LogP contribution in [-0.4, -0.2) is 9.55 Å². The van der Waals surface area contributed by atoms with Gasteiger partial charge in [0.2, 0.25) is 0 Å². The Kier molecular flexibility index (Phi) is 3.66. The van der Waals surface area contributed by atoms with Crippen LogP contribution in [0, 0.1) is 5.92 Å². The summed E-state index contributed by atoms with van der Waals surface area (Å²) in [6, 6.07) is 4.30. The summed E-state index contributed by atoms with van der Waals surface area (Å²) in [5.74, 6) is 0.877. The van der Waals surface area contributed by atoms with Crippen LogP contribution in [0.15, 0.2) is 16.7 Å². The molecule has 1 aliphatic rings. The molecule has 2 heterocycles. The van der Waals surface area contributed by atoms with E-state index in [0.717, 1.165) is 16.2 Å². The number of aryl methyl sites for hydroxylation is 1. The van der Waals surface area contributed by atoms with Gasteiger partial charge in [-0.3, -0.25) is 0 Å². The zero-order chi connectivity index (χ0) is 13.4. The van der Waals surface area contributed by atoms with E-state index in [1.165, 1.54) is 49.6 Å². The molecule has 0 fully saturated rings. The summed E-state index contributed by atoms with van der Waals surface area (Å²) in [6.45, 7) is 2.29. The first-order valence-corrected chi connectivity index (χ1v) is 8.12. The van der Waals surface area contributed by atoms with Crippen molar-refractivity contribution in [3.8, 4) is 0 Å². The third kappa shape index (κ3) is 2.33. The van der Waals surface area contributed by atoms with Crippen molar-refractivity contribution in [1.29, 1.82) is 0 Å². The van der Waals surface area contributed by atoms with E-state index in [1.807, 2.05) is 0 Å². The van der Waals surface area contributed by atoms with E-state index >= 15 is 0 Å². The molecule has 3 rings (SSSR count). The Hall–Kier alpha value is -0.830. The van der Waals surface area contributed by atoms with Gasteiger partial charge in [-0.1, -0.05) is 26.2 Å². The van der Waals surface area contributed by atoms with Gasteiger partial charge in [-0.25, -0.2) is 4.98 Å². The molecule has 0 amide bonds. The maximum atomic E-state index is 4.65. The predicted octanol–water partition coefficient (Wildman–Crippen LogP) is 4.63. The topological polar surface area (TPSA) is 17.8 Å². The van der Waals surface area contributed by atoms with Gasteiger partial charge in [0.1, 0.15) is 10.3 Å². The third-order valence-corrected chi connectivity index (χ3v) is 4.93. The highest BCUT2D eigenvalue weighted by Gasteiger charge is 2.24. The van der Waals surface area contributed by atoms with E-state index < -0.39 is 0 Å². The second kappa shape index (κ2) is 5.28.